The molecule has 0 aliphatic carbocycles. The van der Waals surface area contributed by atoms with Crippen LogP contribution in [-0.2, 0) is 57.5 Å². The molecule has 27 heteroatoms. The van der Waals surface area contributed by atoms with Crippen molar-refractivity contribution in [2.45, 2.75) is 216 Å². The SMILES string of the molecule is CC[C@@H]1NC(=O)C([C@H](O)[C@H](C)CC=CCOC(=O)n2ccnc2)N(C)C(=O)[C@H](C(C)C)N(C)C(=O)[C@@H](CC(C)C)N(C)C(=O)[C@@H](CC(C)C)N(C)C(=O)[C@@H](C)NC(=O)[C@H](C)NC(=O)[C@H](CC(C)C)N(C)C(=O)[C@H](C(C)C)NC(=O)C(CC(C)C)N(C)C(=O)CN(C)C1=O. The smallest absolute Gasteiger partial charge is 0.419 e. The van der Waals surface area contributed by atoms with E-state index < -0.39 is 162 Å². The van der Waals surface area contributed by atoms with E-state index in [4.69, 9.17) is 4.74 Å². The van der Waals surface area contributed by atoms with Gasteiger partial charge in [-0.3, -0.25) is 52.7 Å². The zero-order valence-corrected chi connectivity index (χ0v) is 59.7. The zero-order chi connectivity index (χ0) is 71.4. The van der Waals surface area contributed by atoms with Gasteiger partial charge in [0, 0.05) is 61.7 Å². The van der Waals surface area contributed by atoms with Crippen LogP contribution < -0.4 is 21.3 Å². The molecule has 2 rings (SSSR count). The van der Waals surface area contributed by atoms with Crippen molar-refractivity contribution in [3.05, 3.63) is 30.9 Å². The number of nitrogens with zero attached hydrogens (tertiary/aromatic N) is 9. The summed E-state index contributed by atoms with van der Waals surface area (Å²) in [6, 6.07) is -12.8. The second-order valence-corrected chi connectivity index (χ2v) is 27.5. The monoisotopic (exact) mass is 1310 g/mol. The van der Waals surface area contributed by atoms with Crippen LogP contribution in [0.15, 0.2) is 30.9 Å². The first-order chi connectivity index (χ1) is 43.1. The van der Waals surface area contributed by atoms with Gasteiger partial charge in [0.2, 0.25) is 65.0 Å². The summed E-state index contributed by atoms with van der Waals surface area (Å²) in [4.78, 5) is 186. The van der Waals surface area contributed by atoms with Crippen molar-refractivity contribution in [2.75, 3.05) is 62.5 Å². The van der Waals surface area contributed by atoms with Crippen LogP contribution in [0.3, 0.4) is 0 Å². The number of carbonyl (C=O) groups is 12. The van der Waals surface area contributed by atoms with Crippen LogP contribution in [0, 0.1) is 41.4 Å². The second kappa shape index (κ2) is 37.4. The van der Waals surface area contributed by atoms with Crippen molar-refractivity contribution in [2.24, 2.45) is 41.4 Å². The molecule has 0 spiro atoms. The number of likely N-dealkylation sites (N-methyl/N-ethyl adjacent to an activating group) is 7. The fourth-order valence-electron chi connectivity index (χ4n) is 11.3. The summed E-state index contributed by atoms with van der Waals surface area (Å²) < 4.78 is 6.42. The van der Waals surface area contributed by atoms with Crippen molar-refractivity contribution < 1.29 is 67.4 Å². The first-order valence-corrected chi connectivity index (χ1v) is 32.7. The molecular formula is C66H113N13O14. The maximum absolute atomic E-state index is 15.3. The topological polar surface area (TPSA) is 323 Å². The van der Waals surface area contributed by atoms with Crippen LogP contribution in [0.4, 0.5) is 4.79 Å². The predicted molar refractivity (Wildman–Crippen MR) is 352 cm³/mol. The number of aliphatic hydroxyl groups is 1. The molecule has 27 nitrogen and oxygen atoms in total. The first-order valence-electron chi connectivity index (χ1n) is 32.7. The average Bonchev–Trinajstić information content (AvgIpc) is 1.09. The molecule has 1 aromatic heterocycles. The van der Waals surface area contributed by atoms with Crippen LogP contribution in [-0.4, -0.2) is 249 Å². The molecule has 12 atom stereocenters. The highest BCUT2D eigenvalue weighted by molar-refractivity contribution is 5.99. The number of amides is 11. The van der Waals surface area contributed by atoms with Crippen molar-refractivity contribution >= 4 is 71.1 Å². The van der Waals surface area contributed by atoms with Gasteiger partial charge >= 0.3 is 6.09 Å². The van der Waals surface area contributed by atoms with E-state index in [1.165, 1.54) is 106 Å². The summed E-state index contributed by atoms with van der Waals surface area (Å²) >= 11 is 0. The minimum absolute atomic E-state index is 0.0307. The third-order valence-corrected chi connectivity index (χ3v) is 17.0. The van der Waals surface area contributed by atoms with Gasteiger partial charge in [-0.15, -0.1) is 0 Å². The van der Waals surface area contributed by atoms with Gasteiger partial charge in [-0.2, -0.15) is 0 Å². The van der Waals surface area contributed by atoms with Crippen LogP contribution >= 0.6 is 0 Å². The van der Waals surface area contributed by atoms with Crippen molar-refractivity contribution in [1.29, 1.82) is 0 Å². The Bertz CT molecular complexity index is 2740. The number of nitrogens with one attached hydrogen (secondary N) is 4. The van der Waals surface area contributed by atoms with Crippen molar-refractivity contribution in [1.82, 2.24) is 65.1 Å². The van der Waals surface area contributed by atoms with Crippen molar-refractivity contribution in [3.8, 4) is 0 Å². The van der Waals surface area contributed by atoms with Gasteiger partial charge in [-0.25, -0.2) is 14.3 Å². The highest BCUT2D eigenvalue weighted by Crippen LogP contribution is 2.26. The molecular weight excluding hydrogens is 1200 g/mol. The summed E-state index contributed by atoms with van der Waals surface area (Å²) in [7, 11) is 9.75. The minimum Gasteiger partial charge on any atom is -0.445 e. The molecule has 1 aliphatic heterocycles. The highest BCUT2D eigenvalue weighted by Gasteiger charge is 2.46. The second-order valence-electron chi connectivity index (χ2n) is 27.5. The minimum atomic E-state index is -1.73. The lowest BCUT2D eigenvalue weighted by Gasteiger charge is -2.41. The lowest BCUT2D eigenvalue weighted by Crippen LogP contribution is -2.63. The number of imidazole rings is 1. The lowest BCUT2D eigenvalue weighted by molar-refractivity contribution is -0.157. The van der Waals surface area contributed by atoms with Gasteiger partial charge in [0.1, 0.15) is 73.4 Å². The van der Waals surface area contributed by atoms with Gasteiger partial charge in [0.15, 0.2) is 0 Å². The first kappa shape index (κ1) is 81.6. The Balaban J connectivity index is 2.96. The molecule has 1 aliphatic rings. The predicted octanol–water partition coefficient (Wildman–Crippen LogP) is 3.13. The third kappa shape index (κ3) is 23.2. The molecule has 2 unspecified atom stereocenters. The molecule has 0 aromatic carbocycles. The van der Waals surface area contributed by atoms with Gasteiger partial charge in [-0.1, -0.05) is 109 Å². The number of rotatable bonds is 17. The normalized spacial score (nSPS) is 25.5. The molecule has 526 valence electrons. The number of allylic oxidation sites excluding steroid dienone is 1. The Kier molecular flexibility index (Phi) is 32.9. The van der Waals surface area contributed by atoms with Gasteiger partial charge in [0.05, 0.1) is 12.6 Å². The summed E-state index contributed by atoms with van der Waals surface area (Å²) in [5, 5.41) is 23.3. The van der Waals surface area contributed by atoms with Crippen LogP contribution in [0.5, 0.6) is 0 Å². The molecule has 1 saturated heterocycles. The standard InChI is InChI=1S/C66H113N13O14/c1-24-46-61(87)72(17)35-51(80)73(18)47(31-37(2)3)58(84)71-52(41(10)11)64(90)74(19)48(32-38(4)5)57(83)68-44(15)56(82)69-45(16)60(86)75(20)49(33-39(6)7)62(88)76(21)50(34-40(8)9)63(89)77(22)53(42(12)13)65(91)78(23)54(59(85)70-46)55(81)43(14)27-25-26-30-93-66(92)79-29-28-67-36-79/h25-26,28-29,36-50,52-55,81H,24,27,30-35H2,1-23H3,(H,68,83)(H,69,82)(H,70,85)(H,71,84)/t43-,44+,45-,46+,47?,48+,49-,50-,52+,53+,54?,55-/m1/s1. The number of aliphatic hydroxyl groups excluding tert-OH is 1. The molecule has 0 bridgehead atoms. The van der Waals surface area contributed by atoms with Gasteiger partial charge in [-0.05, 0) is 93.8 Å². The Hall–Kier alpha value is -7.45. The van der Waals surface area contributed by atoms with Gasteiger partial charge in [0.25, 0.3) is 0 Å². The lowest BCUT2D eigenvalue weighted by atomic mass is 9.91. The number of ether oxygens (including phenoxy) is 1. The summed E-state index contributed by atoms with van der Waals surface area (Å²) in [5.74, 6) is -10.5. The summed E-state index contributed by atoms with van der Waals surface area (Å²) in [6.45, 7) is 27.0. The number of carbonyl (C=O) groups excluding carboxylic acids is 12. The number of hydrogen-bond donors (Lipinski definition) is 5. The molecule has 0 saturated carbocycles. The maximum Gasteiger partial charge on any atom is 0.419 e. The third-order valence-electron chi connectivity index (χ3n) is 17.0. The fourth-order valence-corrected chi connectivity index (χ4v) is 11.3. The van der Waals surface area contributed by atoms with Crippen LogP contribution in [0.2, 0.25) is 0 Å². The summed E-state index contributed by atoms with van der Waals surface area (Å²) in [5.41, 5.74) is 0. The molecule has 93 heavy (non-hydrogen) atoms. The van der Waals surface area contributed by atoms with E-state index in [0.29, 0.717) is 0 Å². The quantitative estimate of drug-likeness (QED) is 0.140. The van der Waals surface area contributed by atoms with Crippen molar-refractivity contribution in [3.63, 3.8) is 0 Å². The number of aromatic nitrogens is 2. The van der Waals surface area contributed by atoms with E-state index in [2.05, 4.69) is 26.3 Å². The molecule has 0 radical (unpaired) electrons. The molecule has 1 aromatic rings. The average molecular weight is 1310 g/mol. The molecule has 2 heterocycles. The fraction of sp³-hybridized carbons (Fsp3) is 0.742. The maximum atomic E-state index is 15.3. The van der Waals surface area contributed by atoms with E-state index in [1.807, 2.05) is 55.4 Å². The molecule has 11 amide bonds. The van der Waals surface area contributed by atoms with Crippen LogP contribution in [0.25, 0.3) is 0 Å². The Morgan fingerprint density at radius 2 is 1.00 bits per heavy atom. The summed E-state index contributed by atoms with van der Waals surface area (Å²) in [6.07, 6.45) is 5.52. The van der Waals surface area contributed by atoms with E-state index in [0.717, 1.165) is 14.4 Å². The Labute approximate surface area is 552 Å². The van der Waals surface area contributed by atoms with Gasteiger partial charge < -0.3 is 65.4 Å². The Morgan fingerprint density at radius 1 is 0.538 bits per heavy atom. The highest BCUT2D eigenvalue weighted by atomic mass is 16.5. The van der Waals surface area contributed by atoms with E-state index in [-0.39, 0.29) is 68.8 Å². The molecule has 1 fully saturated rings. The largest absolute Gasteiger partial charge is 0.445 e. The van der Waals surface area contributed by atoms with Crippen LogP contribution in [0.1, 0.15) is 149 Å². The van der Waals surface area contributed by atoms with E-state index in [9.17, 15) is 43.5 Å². The molecule has 5 N–H and O–H groups in total. The number of hydrogen-bond acceptors (Lipinski definition) is 15. The zero-order valence-electron chi connectivity index (χ0n) is 59.7. The van der Waals surface area contributed by atoms with E-state index >= 15 is 19.2 Å². The Morgan fingerprint density at radius 3 is 1.48 bits per heavy atom. The van der Waals surface area contributed by atoms with E-state index in [1.54, 1.807) is 53.7 Å².